The van der Waals surface area contributed by atoms with Crippen LogP contribution in [0.2, 0.25) is 0 Å². The maximum absolute atomic E-state index is 6.80. The van der Waals surface area contributed by atoms with Crippen molar-refractivity contribution in [1.82, 2.24) is 0 Å². The third-order valence-corrected chi connectivity index (χ3v) is 12.3. The Morgan fingerprint density at radius 3 is 1.56 bits per heavy atom. The third kappa shape index (κ3) is 5.71. The summed E-state index contributed by atoms with van der Waals surface area (Å²) < 4.78 is 9.33. The summed E-state index contributed by atoms with van der Waals surface area (Å²) in [6.07, 6.45) is 0. The van der Waals surface area contributed by atoms with E-state index in [-0.39, 0.29) is 0 Å². The van der Waals surface area contributed by atoms with Gasteiger partial charge in [0.05, 0.1) is 11.4 Å². The van der Waals surface area contributed by atoms with E-state index in [1.165, 1.54) is 36.9 Å². The number of fused-ring (bicyclic) bond motifs is 6. The van der Waals surface area contributed by atoms with Crippen molar-refractivity contribution in [3.8, 4) is 44.5 Å². The quantitative estimate of drug-likeness (QED) is 0.162. The van der Waals surface area contributed by atoms with Crippen molar-refractivity contribution in [1.29, 1.82) is 0 Å². The molecule has 3 heteroatoms. The highest BCUT2D eigenvalue weighted by molar-refractivity contribution is 7.26. The van der Waals surface area contributed by atoms with Crippen LogP contribution in [0.1, 0.15) is 0 Å². The van der Waals surface area contributed by atoms with Crippen LogP contribution in [-0.4, -0.2) is 0 Å². The van der Waals surface area contributed by atoms with Gasteiger partial charge in [-0.3, -0.25) is 0 Å². The molecule has 11 rings (SSSR count). The average Bonchev–Trinajstić information content (AvgIpc) is 3.86. The summed E-state index contributed by atoms with van der Waals surface area (Å²) in [5.74, 6) is 0. The van der Waals surface area contributed by atoms with Gasteiger partial charge in [0.2, 0.25) is 0 Å². The molecule has 0 atom stereocenters. The first-order valence-corrected chi connectivity index (χ1v) is 20.2. The number of hydrogen-bond acceptors (Lipinski definition) is 3. The number of benzene rings is 9. The molecule has 0 aliphatic heterocycles. The van der Waals surface area contributed by atoms with Gasteiger partial charge in [0, 0.05) is 53.8 Å². The van der Waals surface area contributed by atoms with Crippen molar-refractivity contribution in [3.05, 3.63) is 212 Å². The zero-order valence-electron chi connectivity index (χ0n) is 31.0. The Morgan fingerprint density at radius 1 is 0.368 bits per heavy atom. The molecule has 0 saturated heterocycles. The molecule has 2 nitrogen and oxygen atoms in total. The summed E-state index contributed by atoms with van der Waals surface area (Å²) in [6.45, 7) is 0. The van der Waals surface area contributed by atoms with E-state index >= 15 is 0 Å². The summed E-state index contributed by atoms with van der Waals surface area (Å²) in [7, 11) is 0. The van der Waals surface area contributed by atoms with Crippen LogP contribution in [0, 0.1) is 0 Å². The fraction of sp³-hybridized carbons (Fsp3) is 0. The molecule has 0 spiro atoms. The Hall–Kier alpha value is -7.20. The maximum atomic E-state index is 6.80. The lowest BCUT2D eigenvalue weighted by Gasteiger charge is -2.31. The molecule has 0 amide bonds. The van der Waals surface area contributed by atoms with Crippen LogP contribution in [-0.2, 0) is 0 Å². The van der Waals surface area contributed by atoms with Crippen molar-refractivity contribution < 1.29 is 4.42 Å². The van der Waals surface area contributed by atoms with E-state index < -0.39 is 0 Å². The summed E-state index contributed by atoms with van der Waals surface area (Å²) >= 11 is 1.87. The molecule has 2 heterocycles. The van der Waals surface area contributed by atoms with Gasteiger partial charge in [0.25, 0.3) is 0 Å². The molecule has 0 N–H and O–H groups in total. The normalized spacial score (nSPS) is 11.5. The molecule has 0 aliphatic rings. The SMILES string of the molecule is c1ccc(-c2ccc3c(c2)oc2cc(N(c4c(-c5ccccc5)cccc4-c4ccccc4)c4ccc(-c5ccccc5)c5sc6ccccc6c45)ccc23)cc1. The lowest BCUT2D eigenvalue weighted by atomic mass is 9.93. The van der Waals surface area contributed by atoms with Crippen LogP contribution in [0.15, 0.2) is 217 Å². The van der Waals surface area contributed by atoms with Crippen LogP contribution >= 0.6 is 11.3 Å². The van der Waals surface area contributed by atoms with E-state index in [2.05, 4.69) is 217 Å². The van der Waals surface area contributed by atoms with Gasteiger partial charge >= 0.3 is 0 Å². The van der Waals surface area contributed by atoms with Gasteiger partial charge in [-0.15, -0.1) is 11.3 Å². The molecule has 57 heavy (non-hydrogen) atoms. The van der Waals surface area contributed by atoms with E-state index in [9.17, 15) is 0 Å². The fourth-order valence-corrected chi connectivity index (χ4v) is 9.69. The Kier molecular flexibility index (Phi) is 8.04. The highest BCUT2D eigenvalue weighted by atomic mass is 32.1. The molecular formula is C54H35NOS. The first kappa shape index (κ1) is 33.2. The summed E-state index contributed by atoms with van der Waals surface area (Å²) in [5.41, 5.74) is 14.3. The first-order valence-electron chi connectivity index (χ1n) is 19.3. The largest absolute Gasteiger partial charge is 0.456 e. The van der Waals surface area contributed by atoms with E-state index in [1.807, 2.05) is 11.3 Å². The summed E-state index contributed by atoms with van der Waals surface area (Å²) in [6, 6.07) is 76.3. The molecule has 2 aromatic heterocycles. The van der Waals surface area contributed by atoms with Gasteiger partial charge in [0.1, 0.15) is 11.2 Å². The van der Waals surface area contributed by atoms with Crippen LogP contribution in [0.3, 0.4) is 0 Å². The highest BCUT2D eigenvalue weighted by Crippen LogP contribution is 2.52. The number of nitrogens with zero attached hydrogens (tertiary/aromatic N) is 1. The second-order valence-electron chi connectivity index (χ2n) is 14.4. The zero-order chi connectivity index (χ0) is 37.7. The highest BCUT2D eigenvalue weighted by Gasteiger charge is 2.26. The van der Waals surface area contributed by atoms with Gasteiger partial charge in [-0.05, 0) is 69.8 Å². The third-order valence-electron chi connectivity index (χ3n) is 11.1. The second kappa shape index (κ2) is 13.8. The molecule has 9 aromatic carbocycles. The lowest BCUT2D eigenvalue weighted by molar-refractivity contribution is 0.669. The molecule has 268 valence electrons. The van der Waals surface area contributed by atoms with Gasteiger partial charge < -0.3 is 9.32 Å². The van der Waals surface area contributed by atoms with Crippen molar-refractivity contribution in [2.45, 2.75) is 0 Å². The Balaban J connectivity index is 1.23. The summed E-state index contributed by atoms with van der Waals surface area (Å²) in [4.78, 5) is 2.49. The van der Waals surface area contributed by atoms with Gasteiger partial charge in [-0.25, -0.2) is 0 Å². The van der Waals surface area contributed by atoms with Gasteiger partial charge in [-0.1, -0.05) is 170 Å². The molecule has 0 unspecified atom stereocenters. The molecule has 11 aromatic rings. The zero-order valence-corrected chi connectivity index (χ0v) is 31.8. The Morgan fingerprint density at radius 2 is 0.912 bits per heavy atom. The predicted molar refractivity (Wildman–Crippen MR) is 243 cm³/mol. The van der Waals surface area contributed by atoms with E-state index in [0.717, 1.165) is 66.8 Å². The standard InChI is InChI=1S/C54H35NOS/c1-5-16-36(17-6-1)40-28-30-45-46-31-29-41(35-50(46)56-49(45)34-40)55(53-42(37-18-7-2-8-19-37)25-15-26-43(53)38-20-9-3-10-21-38)48-33-32-44(39-22-11-4-12-23-39)54-52(48)47-24-13-14-27-51(47)57-54/h1-35H. The number of thiophene rings is 1. The van der Waals surface area contributed by atoms with Crippen LogP contribution < -0.4 is 4.90 Å². The minimum absolute atomic E-state index is 0.850. The van der Waals surface area contributed by atoms with E-state index in [1.54, 1.807) is 0 Å². The second-order valence-corrected chi connectivity index (χ2v) is 15.5. The topological polar surface area (TPSA) is 16.4 Å². The minimum Gasteiger partial charge on any atom is -0.456 e. The maximum Gasteiger partial charge on any atom is 0.137 e. The molecular weight excluding hydrogens is 711 g/mol. The molecule has 0 bridgehead atoms. The average molecular weight is 746 g/mol. The van der Waals surface area contributed by atoms with Gasteiger partial charge in [0.15, 0.2) is 0 Å². The van der Waals surface area contributed by atoms with Crippen molar-refractivity contribution in [3.63, 3.8) is 0 Å². The number of anilines is 3. The number of furan rings is 1. The monoisotopic (exact) mass is 745 g/mol. The molecule has 0 fully saturated rings. The smallest absolute Gasteiger partial charge is 0.137 e. The predicted octanol–water partition coefficient (Wildman–Crippen LogP) is 16.1. The van der Waals surface area contributed by atoms with Crippen LogP contribution in [0.5, 0.6) is 0 Å². The van der Waals surface area contributed by atoms with Crippen LogP contribution in [0.4, 0.5) is 17.1 Å². The van der Waals surface area contributed by atoms with E-state index in [4.69, 9.17) is 4.42 Å². The molecule has 0 radical (unpaired) electrons. The number of rotatable bonds is 7. The van der Waals surface area contributed by atoms with E-state index in [0.29, 0.717) is 0 Å². The molecule has 0 aliphatic carbocycles. The Labute approximate surface area is 335 Å². The van der Waals surface area contributed by atoms with Crippen molar-refractivity contribution in [2.75, 3.05) is 4.90 Å². The Bertz CT molecular complexity index is 3160. The van der Waals surface area contributed by atoms with Crippen molar-refractivity contribution in [2.24, 2.45) is 0 Å². The number of para-hydroxylation sites is 1. The first-order chi connectivity index (χ1) is 28.3. The van der Waals surface area contributed by atoms with Crippen molar-refractivity contribution >= 4 is 70.5 Å². The molecule has 0 saturated carbocycles. The van der Waals surface area contributed by atoms with Crippen LogP contribution in [0.25, 0.3) is 86.6 Å². The summed E-state index contributed by atoms with van der Waals surface area (Å²) in [5, 5.41) is 4.68. The van der Waals surface area contributed by atoms with Gasteiger partial charge in [-0.2, -0.15) is 0 Å². The fourth-order valence-electron chi connectivity index (χ4n) is 8.43. The lowest BCUT2D eigenvalue weighted by Crippen LogP contribution is -2.13. The minimum atomic E-state index is 0.850. The number of hydrogen-bond donors (Lipinski definition) is 0.